The highest BCUT2D eigenvalue weighted by Crippen LogP contribution is 2.36. The Bertz CT molecular complexity index is 1390. The normalized spacial score (nSPS) is 18.4. The molecule has 0 radical (unpaired) electrons. The fraction of sp³-hybridized carbons (Fsp3) is 0.417. The lowest BCUT2D eigenvalue weighted by atomic mass is 10.1. The van der Waals surface area contributed by atoms with E-state index in [1.165, 1.54) is 0 Å². The van der Waals surface area contributed by atoms with Gasteiger partial charge in [-0.2, -0.15) is 4.98 Å². The van der Waals surface area contributed by atoms with E-state index in [9.17, 15) is 4.79 Å². The molecule has 1 aromatic carbocycles. The molecule has 3 aromatic heterocycles. The number of halogens is 1. The molecule has 33 heavy (non-hydrogen) atoms. The van der Waals surface area contributed by atoms with Crippen LogP contribution in [0.5, 0.6) is 5.88 Å². The van der Waals surface area contributed by atoms with Crippen molar-refractivity contribution in [2.24, 2.45) is 5.92 Å². The summed E-state index contributed by atoms with van der Waals surface area (Å²) < 4.78 is 15.2. The number of nitrogens with zero attached hydrogens (tertiary/aromatic N) is 5. The number of ether oxygens (including phenoxy) is 2. The summed E-state index contributed by atoms with van der Waals surface area (Å²) in [6, 6.07) is 7.65. The summed E-state index contributed by atoms with van der Waals surface area (Å²) in [6.45, 7) is 2.39. The molecule has 0 amide bonds. The van der Waals surface area contributed by atoms with Crippen LogP contribution in [0.25, 0.3) is 21.9 Å². The molecule has 170 valence electrons. The zero-order valence-electron chi connectivity index (χ0n) is 18.1. The Morgan fingerprint density at radius 2 is 2.06 bits per heavy atom. The fourth-order valence-corrected chi connectivity index (χ4v) is 4.71. The summed E-state index contributed by atoms with van der Waals surface area (Å²) in [7, 11) is 0. The molecule has 1 atom stereocenters. The summed E-state index contributed by atoms with van der Waals surface area (Å²) >= 11 is 6.24. The van der Waals surface area contributed by atoms with Crippen LogP contribution in [0.4, 0.5) is 0 Å². The molecular formula is C24H24ClN5O3. The molecule has 4 aromatic rings. The molecule has 1 saturated carbocycles. The van der Waals surface area contributed by atoms with Crippen molar-refractivity contribution in [3.8, 4) is 5.88 Å². The van der Waals surface area contributed by atoms with Gasteiger partial charge in [-0.15, -0.1) is 0 Å². The maximum atomic E-state index is 13.3. The molecule has 4 heterocycles. The first-order valence-electron chi connectivity index (χ1n) is 11.4. The molecule has 2 fully saturated rings. The van der Waals surface area contributed by atoms with E-state index in [0.29, 0.717) is 34.8 Å². The van der Waals surface area contributed by atoms with Crippen LogP contribution in [0, 0.1) is 5.92 Å². The van der Waals surface area contributed by atoms with Crippen molar-refractivity contribution in [3.05, 3.63) is 58.0 Å². The van der Waals surface area contributed by atoms with E-state index >= 15 is 0 Å². The Hall–Kier alpha value is -2.97. The standard InChI is InChI=1S/C24H24ClN5O3/c25-16-1-4-18-19(11-16)27-22(28-23(18)33-10-7-15-6-9-32-14-15)13-29-21-12-26-8-5-20(21)30(24(29)31)17-2-3-17/h1,4-5,8,11-12,15,17H,2-3,6-7,9-10,13-14H2. The molecule has 6 rings (SSSR count). The van der Waals surface area contributed by atoms with Crippen molar-refractivity contribution in [1.29, 1.82) is 0 Å². The van der Waals surface area contributed by atoms with Crippen molar-refractivity contribution < 1.29 is 9.47 Å². The Kier molecular flexibility index (Phi) is 5.27. The van der Waals surface area contributed by atoms with Crippen LogP contribution in [0.1, 0.15) is 37.5 Å². The molecule has 1 aliphatic carbocycles. The lowest BCUT2D eigenvalue weighted by Gasteiger charge is -2.12. The van der Waals surface area contributed by atoms with Gasteiger partial charge in [0.25, 0.3) is 0 Å². The van der Waals surface area contributed by atoms with Gasteiger partial charge in [0, 0.05) is 30.5 Å². The van der Waals surface area contributed by atoms with Gasteiger partial charge in [0.15, 0.2) is 5.82 Å². The number of aromatic nitrogens is 5. The van der Waals surface area contributed by atoms with Crippen molar-refractivity contribution in [1.82, 2.24) is 24.1 Å². The second-order valence-electron chi connectivity index (χ2n) is 8.81. The van der Waals surface area contributed by atoms with Crippen LogP contribution in [-0.2, 0) is 11.3 Å². The molecule has 2 aliphatic rings. The lowest BCUT2D eigenvalue weighted by molar-refractivity contribution is 0.177. The average Bonchev–Trinajstić information content (AvgIpc) is 3.43. The maximum Gasteiger partial charge on any atom is 0.329 e. The number of rotatable bonds is 7. The van der Waals surface area contributed by atoms with E-state index < -0.39 is 0 Å². The van der Waals surface area contributed by atoms with Crippen molar-refractivity contribution in [2.75, 3.05) is 19.8 Å². The second kappa shape index (κ2) is 8.43. The molecule has 8 nitrogen and oxygen atoms in total. The molecule has 0 bridgehead atoms. The highest BCUT2D eigenvalue weighted by molar-refractivity contribution is 6.31. The summed E-state index contributed by atoms with van der Waals surface area (Å²) in [4.78, 5) is 26.9. The van der Waals surface area contributed by atoms with E-state index in [1.807, 2.05) is 22.8 Å². The fourth-order valence-electron chi connectivity index (χ4n) is 4.54. The summed E-state index contributed by atoms with van der Waals surface area (Å²) in [5.41, 5.74) is 2.33. The van der Waals surface area contributed by atoms with Crippen LogP contribution < -0.4 is 10.4 Å². The van der Waals surface area contributed by atoms with E-state index in [0.717, 1.165) is 55.3 Å². The topological polar surface area (TPSA) is 84.1 Å². The predicted octanol–water partition coefficient (Wildman–Crippen LogP) is 3.98. The van der Waals surface area contributed by atoms with Gasteiger partial charge in [0.1, 0.15) is 0 Å². The quantitative estimate of drug-likeness (QED) is 0.410. The highest BCUT2D eigenvalue weighted by Gasteiger charge is 2.29. The molecule has 1 unspecified atom stereocenters. The third-order valence-corrected chi connectivity index (χ3v) is 6.67. The summed E-state index contributed by atoms with van der Waals surface area (Å²) in [6.07, 6.45) is 7.48. The van der Waals surface area contributed by atoms with Crippen LogP contribution in [0.2, 0.25) is 5.02 Å². The van der Waals surface area contributed by atoms with Crippen molar-refractivity contribution in [2.45, 2.75) is 38.3 Å². The third kappa shape index (κ3) is 3.98. The van der Waals surface area contributed by atoms with E-state index in [-0.39, 0.29) is 18.3 Å². The van der Waals surface area contributed by atoms with Gasteiger partial charge in [0.05, 0.1) is 41.3 Å². The first-order valence-corrected chi connectivity index (χ1v) is 11.8. The van der Waals surface area contributed by atoms with Crippen molar-refractivity contribution in [3.63, 3.8) is 0 Å². The molecule has 0 spiro atoms. The summed E-state index contributed by atoms with van der Waals surface area (Å²) in [5, 5.41) is 1.40. The van der Waals surface area contributed by atoms with Crippen LogP contribution >= 0.6 is 11.6 Å². The third-order valence-electron chi connectivity index (χ3n) is 6.44. The number of hydrogen-bond acceptors (Lipinski definition) is 6. The minimum atomic E-state index is -0.0565. The van der Waals surface area contributed by atoms with Gasteiger partial charge in [-0.1, -0.05) is 11.6 Å². The molecule has 1 saturated heterocycles. The summed E-state index contributed by atoms with van der Waals surface area (Å²) in [5.74, 6) is 1.54. The van der Waals surface area contributed by atoms with Gasteiger partial charge in [0.2, 0.25) is 5.88 Å². The van der Waals surface area contributed by atoms with Crippen LogP contribution in [0.3, 0.4) is 0 Å². The molecular weight excluding hydrogens is 442 g/mol. The van der Waals surface area contributed by atoms with Gasteiger partial charge in [-0.25, -0.2) is 9.78 Å². The van der Waals surface area contributed by atoms with Crippen LogP contribution in [0.15, 0.2) is 41.5 Å². The Morgan fingerprint density at radius 1 is 1.15 bits per heavy atom. The van der Waals surface area contributed by atoms with Gasteiger partial charge in [-0.05, 0) is 55.9 Å². The van der Waals surface area contributed by atoms with E-state index in [2.05, 4.69) is 4.98 Å². The number of pyridine rings is 1. The van der Waals surface area contributed by atoms with Gasteiger partial charge >= 0.3 is 5.69 Å². The van der Waals surface area contributed by atoms with Gasteiger partial charge < -0.3 is 9.47 Å². The molecule has 9 heteroatoms. The van der Waals surface area contributed by atoms with Crippen LogP contribution in [-0.4, -0.2) is 43.9 Å². The zero-order chi connectivity index (χ0) is 22.4. The van der Waals surface area contributed by atoms with E-state index in [1.54, 1.807) is 23.0 Å². The Labute approximate surface area is 195 Å². The SMILES string of the molecule is O=c1n(Cc2nc(OCCC3CCOC3)c3ccc(Cl)cc3n2)c2cnccc2n1C1CC1. The highest BCUT2D eigenvalue weighted by atomic mass is 35.5. The predicted molar refractivity (Wildman–Crippen MR) is 125 cm³/mol. The lowest BCUT2D eigenvalue weighted by Crippen LogP contribution is -2.25. The number of benzene rings is 1. The van der Waals surface area contributed by atoms with Gasteiger partial charge in [-0.3, -0.25) is 14.1 Å². The Morgan fingerprint density at radius 3 is 2.88 bits per heavy atom. The number of imidazole rings is 1. The molecule has 1 aliphatic heterocycles. The largest absolute Gasteiger partial charge is 0.477 e. The Balaban J connectivity index is 1.36. The zero-order valence-corrected chi connectivity index (χ0v) is 18.9. The smallest absolute Gasteiger partial charge is 0.329 e. The van der Waals surface area contributed by atoms with E-state index in [4.69, 9.17) is 31.0 Å². The average molecular weight is 466 g/mol. The maximum absolute atomic E-state index is 13.3. The first kappa shape index (κ1) is 20.6. The first-order chi connectivity index (χ1) is 16.2. The van der Waals surface area contributed by atoms with Crippen molar-refractivity contribution >= 4 is 33.5 Å². The second-order valence-corrected chi connectivity index (χ2v) is 9.24. The minimum absolute atomic E-state index is 0.0565. The monoisotopic (exact) mass is 465 g/mol. The number of hydrogen-bond donors (Lipinski definition) is 0. The minimum Gasteiger partial charge on any atom is -0.477 e. The number of fused-ring (bicyclic) bond motifs is 2. The molecule has 0 N–H and O–H groups in total.